The molecule has 1 aromatic rings. The number of likely N-dealkylation sites (N-methyl/N-ethyl adjacent to an activating group) is 1. The van der Waals surface area contributed by atoms with Gasteiger partial charge in [-0.2, -0.15) is 0 Å². The minimum absolute atomic E-state index is 0.206. The molecule has 2 heteroatoms. The first-order valence-electron chi connectivity index (χ1n) is 5.87. The maximum atomic E-state index is 5.60. The molecule has 0 saturated carbocycles. The lowest BCUT2D eigenvalue weighted by Crippen LogP contribution is -2.41. The standard InChI is InChI=1S/C14H23NO/c1-6-15-13(14(3,4)16-5)12-10-8-7-9-11(12)2/h7-10,13,15H,6H2,1-5H3. The Morgan fingerprint density at radius 2 is 1.94 bits per heavy atom. The first-order valence-corrected chi connectivity index (χ1v) is 5.87. The minimum Gasteiger partial charge on any atom is -0.377 e. The van der Waals surface area contributed by atoms with Crippen LogP contribution in [0.25, 0.3) is 0 Å². The fourth-order valence-electron chi connectivity index (χ4n) is 1.96. The highest BCUT2D eigenvalue weighted by Gasteiger charge is 2.30. The summed E-state index contributed by atoms with van der Waals surface area (Å²) in [6, 6.07) is 8.69. The van der Waals surface area contributed by atoms with Gasteiger partial charge >= 0.3 is 0 Å². The summed E-state index contributed by atoms with van der Waals surface area (Å²) >= 11 is 0. The molecule has 0 fully saturated rings. The van der Waals surface area contributed by atoms with E-state index in [-0.39, 0.29) is 11.6 Å². The molecule has 1 atom stereocenters. The zero-order chi connectivity index (χ0) is 12.2. The van der Waals surface area contributed by atoms with Crippen LogP contribution in [0.5, 0.6) is 0 Å². The predicted molar refractivity (Wildman–Crippen MR) is 68.7 cm³/mol. The number of hydrogen-bond donors (Lipinski definition) is 1. The van der Waals surface area contributed by atoms with Crippen molar-refractivity contribution in [3.63, 3.8) is 0 Å². The van der Waals surface area contributed by atoms with Crippen molar-refractivity contribution < 1.29 is 4.74 Å². The van der Waals surface area contributed by atoms with Crippen LogP contribution in [0.3, 0.4) is 0 Å². The van der Waals surface area contributed by atoms with Crippen molar-refractivity contribution in [3.05, 3.63) is 35.4 Å². The molecule has 0 bridgehead atoms. The van der Waals surface area contributed by atoms with Gasteiger partial charge in [0.15, 0.2) is 0 Å². The van der Waals surface area contributed by atoms with E-state index in [2.05, 4.69) is 57.3 Å². The maximum absolute atomic E-state index is 5.60. The van der Waals surface area contributed by atoms with Crippen LogP contribution < -0.4 is 5.32 Å². The highest BCUT2D eigenvalue weighted by Crippen LogP contribution is 2.30. The van der Waals surface area contributed by atoms with Gasteiger partial charge in [0.05, 0.1) is 11.6 Å². The van der Waals surface area contributed by atoms with Gasteiger partial charge in [-0.1, -0.05) is 31.2 Å². The van der Waals surface area contributed by atoms with Crippen molar-refractivity contribution in [2.45, 2.75) is 39.3 Å². The Morgan fingerprint density at radius 3 is 2.44 bits per heavy atom. The van der Waals surface area contributed by atoms with Gasteiger partial charge in [-0.3, -0.25) is 0 Å². The molecule has 0 spiro atoms. The van der Waals surface area contributed by atoms with Gasteiger partial charge in [-0.25, -0.2) is 0 Å². The number of ether oxygens (including phenoxy) is 1. The van der Waals surface area contributed by atoms with Gasteiger partial charge in [-0.05, 0) is 38.4 Å². The Kier molecular flexibility index (Phi) is 4.51. The summed E-state index contributed by atoms with van der Waals surface area (Å²) in [5.41, 5.74) is 2.41. The smallest absolute Gasteiger partial charge is 0.0816 e. The van der Waals surface area contributed by atoms with Crippen LogP contribution in [0.15, 0.2) is 24.3 Å². The molecule has 0 heterocycles. The van der Waals surface area contributed by atoms with Gasteiger partial charge in [0.25, 0.3) is 0 Å². The Labute approximate surface area is 99.0 Å². The van der Waals surface area contributed by atoms with E-state index in [9.17, 15) is 0 Å². The summed E-state index contributed by atoms with van der Waals surface area (Å²) in [4.78, 5) is 0. The number of hydrogen-bond acceptors (Lipinski definition) is 2. The summed E-state index contributed by atoms with van der Waals surface area (Å²) in [6.45, 7) is 9.44. The largest absolute Gasteiger partial charge is 0.377 e. The lowest BCUT2D eigenvalue weighted by Gasteiger charge is -2.35. The van der Waals surface area contributed by atoms with Crippen LogP contribution in [0.4, 0.5) is 0 Å². The molecule has 2 nitrogen and oxygen atoms in total. The molecule has 0 aliphatic heterocycles. The second kappa shape index (κ2) is 5.46. The van der Waals surface area contributed by atoms with E-state index in [4.69, 9.17) is 4.74 Å². The van der Waals surface area contributed by atoms with Crippen LogP contribution in [0.2, 0.25) is 0 Å². The van der Waals surface area contributed by atoms with E-state index in [1.165, 1.54) is 11.1 Å². The zero-order valence-corrected chi connectivity index (χ0v) is 11.0. The van der Waals surface area contributed by atoms with Crippen LogP contribution in [0.1, 0.15) is 37.9 Å². The van der Waals surface area contributed by atoms with Gasteiger partial charge in [0.1, 0.15) is 0 Å². The summed E-state index contributed by atoms with van der Waals surface area (Å²) in [5, 5.41) is 3.51. The molecular weight excluding hydrogens is 198 g/mol. The van der Waals surface area contributed by atoms with Crippen molar-refractivity contribution in [2.24, 2.45) is 0 Å². The highest BCUT2D eigenvalue weighted by molar-refractivity contribution is 5.30. The van der Waals surface area contributed by atoms with E-state index >= 15 is 0 Å². The second-order valence-electron chi connectivity index (χ2n) is 4.65. The normalized spacial score (nSPS) is 13.8. The van der Waals surface area contributed by atoms with Gasteiger partial charge < -0.3 is 10.1 Å². The summed E-state index contributed by atoms with van der Waals surface area (Å²) in [7, 11) is 1.77. The highest BCUT2D eigenvalue weighted by atomic mass is 16.5. The first-order chi connectivity index (χ1) is 7.53. The van der Waals surface area contributed by atoms with Crippen molar-refractivity contribution >= 4 is 0 Å². The monoisotopic (exact) mass is 221 g/mol. The zero-order valence-electron chi connectivity index (χ0n) is 11.0. The Bertz CT molecular complexity index is 333. The van der Waals surface area contributed by atoms with E-state index in [0.29, 0.717) is 0 Å². The molecule has 1 unspecified atom stereocenters. The van der Waals surface area contributed by atoms with Crippen molar-refractivity contribution in [1.29, 1.82) is 0 Å². The molecule has 0 amide bonds. The van der Waals surface area contributed by atoms with Crippen LogP contribution in [-0.4, -0.2) is 19.3 Å². The maximum Gasteiger partial charge on any atom is 0.0816 e. The summed E-state index contributed by atoms with van der Waals surface area (Å²) in [5.74, 6) is 0. The Morgan fingerprint density at radius 1 is 1.31 bits per heavy atom. The molecule has 1 N–H and O–H groups in total. The molecule has 90 valence electrons. The van der Waals surface area contributed by atoms with Crippen molar-refractivity contribution in [3.8, 4) is 0 Å². The Balaban J connectivity index is 3.08. The third kappa shape index (κ3) is 2.83. The third-order valence-corrected chi connectivity index (χ3v) is 3.13. The molecule has 16 heavy (non-hydrogen) atoms. The number of benzene rings is 1. The SMILES string of the molecule is CCNC(c1ccccc1C)C(C)(C)OC. The van der Waals surface area contributed by atoms with Gasteiger partial charge in [0, 0.05) is 7.11 Å². The lowest BCUT2D eigenvalue weighted by atomic mass is 9.89. The van der Waals surface area contributed by atoms with E-state index in [1.54, 1.807) is 7.11 Å². The fraction of sp³-hybridized carbons (Fsp3) is 0.571. The fourth-order valence-corrected chi connectivity index (χ4v) is 1.96. The van der Waals surface area contributed by atoms with E-state index in [0.717, 1.165) is 6.54 Å². The van der Waals surface area contributed by atoms with E-state index in [1.807, 2.05) is 0 Å². The number of nitrogens with one attached hydrogen (secondary N) is 1. The molecule has 0 radical (unpaired) electrons. The minimum atomic E-state index is -0.206. The molecule has 0 aromatic heterocycles. The summed E-state index contributed by atoms with van der Waals surface area (Å²) in [6.07, 6.45) is 0. The molecule has 1 aromatic carbocycles. The second-order valence-corrected chi connectivity index (χ2v) is 4.65. The van der Waals surface area contributed by atoms with Crippen LogP contribution >= 0.6 is 0 Å². The molecule has 0 saturated heterocycles. The van der Waals surface area contributed by atoms with Gasteiger partial charge in [0.2, 0.25) is 0 Å². The molecule has 0 aliphatic rings. The van der Waals surface area contributed by atoms with E-state index < -0.39 is 0 Å². The van der Waals surface area contributed by atoms with Crippen LogP contribution in [0, 0.1) is 6.92 Å². The number of methoxy groups -OCH3 is 1. The topological polar surface area (TPSA) is 21.3 Å². The van der Waals surface area contributed by atoms with Crippen LogP contribution in [-0.2, 0) is 4.74 Å². The molecule has 0 aliphatic carbocycles. The quantitative estimate of drug-likeness (QED) is 0.825. The Hall–Kier alpha value is -0.860. The third-order valence-electron chi connectivity index (χ3n) is 3.13. The van der Waals surface area contributed by atoms with Crippen molar-refractivity contribution in [2.75, 3.05) is 13.7 Å². The molecule has 1 rings (SSSR count). The number of rotatable bonds is 5. The lowest BCUT2D eigenvalue weighted by molar-refractivity contribution is -0.0108. The average Bonchev–Trinajstić information content (AvgIpc) is 2.27. The van der Waals surface area contributed by atoms with Crippen molar-refractivity contribution in [1.82, 2.24) is 5.32 Å². The first kappa shape index (κ1) is 13.2. The summed E-state index contributed by atoms with van der Waals surface area (Å²) < 4.78 is 5.60. The van der Waals surface area contributed by atoms with Gasteiger partial charge in [-0.15, -0.1) is 0 Å². The predicted octanol–water partition coefficient (Wildman–Crippen LogP) is 3.07. The average molecular weight is 221 g/mol. The molecular formula is C14H23NO. The number of aryl methyl sites for hydroxylation is 1.